The molecule has 0 N–H and O–H groups in total. The summed E-state index contributed by atoms with van der Waals surface area (Å²) in [6.45, 7) is 2.10. The lowest BCUT2D eigenvalue weighted by atomic mass is 9.86. The lowest BCUT2D eigenvalue weighted by molar-refractivity contribution is 0.401. The van der Waals surface area contributed by atoms with Gasteiger partial charge < -0.3 is 0 Å². The van der Waals surface area contributed by atoms with E-state index in [1.165, 1.54) is 24.8 Å². The van der Waals surface area contributed by atoms with Crippen LogP contribution in [0.3, 0.4) is 0 Å². The zero-order valence-electron chi connectivity index (χ0n) is 8.01. The molecule has 13 heavy (non-hydrogen) atoms. The van der Waals surface area contributed by atoms with Gasteiger partial charge in [0.2, 0.25) is 0 Å². The summed E-state index contributed by atoms with van der Waals surface area (Å²) in [6, 6.07) is 8.43. The number of aryl methyl sites for hydroxylation is 1. The van der Waals surface area contributed by atoms with Crippen LogP contribution in [0.25, 0.3) is 0 Å². The van der Waals surface area contributed by atoms with E-state index >= 15 is 0 Å². The van der Waals surface area contributed by atoms with Gasteiger partial charge in [-0.05, 0) is 31.9 Å². The van der Waals surface area contributed by atoms with Crippen LogP contribution in [0.1, 0.15) is 30.4 Å². The first-order valence-electron chi connectivity index (χ1n) is 4.93. The summed E-state index contributed by atoms with van der Waals surface area (Å²) in [5.74, 6) is 7.21. The van der Waals surface area contributed by atoms with Crippen LogP contribution in [-0.4, -0.2) is 0 Å². The van der Waals surface area contributed by atoms with Crippen LogP contribution < -0.4 is 0 Å². The highest BCUT2D eigenvalue weighted by atomic mass is 14.2. The summed E-state index contributed by atoms with van der Waals surface area (Å²) in [5.41, 5.74) is 2.45. The second-order valence-electron chi connectivity index (χ2n) is 3.76. The Kier molecular flexibility index (Phi) is 2.36. The highest BCUT2D eigenvalue weighted by Crippen LogP contribution is 2.25. The van der Waals surface area contributed by atoms with Crippen molar-refractivity contribution in [2.45, 2.75) is 26.2 Å². The molecule has 0 spiro atoms. The standard InChI is InChI=1S/C13H14/c1-11-5-7-13(8-6-11)10-9-12-3-2-4-12/h5-8,12H,2-4H2,1H3. The van der Waals surface area contributed by atoms with Gasteiger partial charge in [-0.3, -0.25) is 0 Å². The Hall–Kier alpha value is -1.22. The fraction of sp³-hybridized carbons (Fsp3) is 0.385. The average molecular weight is 170 g/mol. The van der Waals surface area contributed by atoms with E-state index in [2.05, 4.69) is 43.0 Å². The van der Waals surface area contributed by atoms with Gasteiger partial charge in [-0.2, -0.15) is 0 Å². The van der Waals surface area contributed by atoms with E-state index in [-0.39, 0.29) is 0 Å². The smallest absolute Gasteiger partial charge is 0.0245 e. The molecule has 66 valence electrons. The molecule has 0 radical (unpaired) electrons. The Bertz CT molecular complexity index is 331. The predicted molar refractivity (Wildman–Crippen MR) is 55.4 cm³/mol. The molecule has 0 atom stereocenters. The summed E-state index contributed by atoms with van der Waals surface area (Å²) in [4.78, 5) is 0. The minimum absolute atomic E-state index is 0.682. The topological polar surface area (TPSA) is 0 Å². The fourth-order valence-corrected chi connectivity index (χ4v) is 1.37. The molecule has 0 aliphatic heterocycles. The van der Waals surface area contributed by atoms with Gasteiger partial charge in [-0.1, -0.05) is 36.0 Å². The van der Waals surface area contributed by atoms with Gasteiger partial charge in [0, 0.05) is 11.5 Å². The molecule has 2 rings (SSSR count). The summed E-state index contributed by atoms with van der Waals surface area (Å²) in [6.07, 6.45) is 3.98. The molecule has 1 fully saturated rings. The Morgan fingerprint density at radius 2 is 1.85 bits per heavy atom. The molecule has 0 saturated heterocycles. The van der Waals surface area contributed by atoms with Gasteiger partial charge in [0.1, 0.15) is 0 Å². The second kappa shape index (κ2) is 3.66. The SMILES string of the molecule is Cc1ccc(C#CC2CCC2)cc1. The van der Waals surface area contributed by atoms with Crippen molar-refractivity contribution in [3.05, 3.63) is 35.4 Å². The van der Waals surface area contributed by atoms with Crippen molar-refractivity contribution in [1.29, 1.82) is 0 Å². The van der Waals surface area contributed by atoms with E-state index in [0.717, 1.165) is 5.56 Å². The van der Waals surface area contributed by atoms with Crippen molar-refractivity contribution in [2.24, 2.45) is 5.92 Å². The molecular weight excluding hydrogens is 156 g/mol. The van der Waals surface area contributed by atoms with Crippen LogP contribution in [0.15, 0.2) is 24.3 Å². The fourth-order valence-electron chi connectivity index (χ4n) is 1.37. The maximum atomic E-state index is 3.30. The molecule has 1 aromatic carbocycles. The number of hydrogen-bond acceptors (Lipinski definition) is 0. The van der Waals surface area contributed by atoms with Crippen molar-refractivity contribution < 1.29 is 0 Å². The maximum absolute atomic E-state index is 3.30. The molecule has 0 heterocycles. The molecule has 0 heteroatoms. The van der Waals surface area contributed by atoms with Crippen molar-refractivity contribution in [3.8, 4) is 11.8 Å². The minimum Gasteiger partial charge on any atom is -0.0945 e. The van der Waals surface area contributed by atoms with Crippen LogP contribution >= 0.6 is 0 Å². The van der Waals surface area contributed by atoms with Crippen LogP contribution in [-0.2, 0) is 0 Å². The molecule has 0 amide bonds. The molecular formula is C13H14. The number of hydrogen-bond donors (Lipinski definition) is 0. The summed E-state index contributed by atoms with van der Waals surface area (Å²) in [7, 11) is 0. The lowest BCUT2D eigenvalue weighted by Gasteiger charge is -2.18. The molecule has 1 aliphatic rings. The molecule has 0 unspecified atom stereocenters. The first-order chi connectivity index (χ1) is 6.34. The zero-order chi connectivity index (χ0) is 9.10. The molecule has 1 aliphatic carbocycles. The van der Waals surface area contributed by atoms with Crippen LogP contribution in [0.5, 0.6) is 0 Å². The summed E-state index contributed by atoms with van der Waals surface area (Å²) >= 11 is 0. The Morgan fingerprint density at radius 1 is 1.15 bits per heavy atom. The molecule has 1 saturated carbocycles. The van der Waals surface area contributed by atoms with Gasteiger partial charge in [0.25, 0.3) is 0 Å². The second-order valence-corrected chi connectivity index (χ2v) is 3.76. The number of benzene rings is 1. The van der Waals surface area contributed by atoms with E-state index < -0.39 is 0 Å². The van der Waals surface area contributed by atoms with Crippen LogP contribution in [0, 0.1) is 24.7 Å². The van der Waals surface area contributed by atoms with Crippen molar-refractivity contribution in [3.63, 3.8) is 0 Å². The largest absolute Gasteiger partial charge is 0.0945 e. The van der Waals surface area contributed by atoms with Crippen molar-refractivity contribution in [2.75, 3.05) is 0 Å². The molecule has 0 nitrogen and oxygen atoms in total. The quantitative estimate of drug-likeness (QED) is 0.525. The maximum Gasteiger partial charge on any atom is 0.0245 e. The Labute approximate surface area is 80.0 Å². The van der Waals surface area contributed by atoms with E-state index in [4.69, 9.17) is 0 Å². The average Bonchev–Trinajstić information content (AvgIpc) is 2.05. The van der Waals surface area contributed by atoms with Gasteiger partial charge in [-0.15, -0.1) is 0 Å². The lowest BCUT2D eigenvalue weighted by Crippen LogP contribution is -2.07. The Balaban J connectivity index is 2.06. The van der Waals surface area contributed by atoms with Gasteiger partial charge in [0.15, 0.2) is 0 Å². The summed E-state index contributed by atoms with van der Waals surface area (Å²) < 4.78 is 0. The van der Waals surface area contributed by atoms with Crippen LogP contribution in [0.4, 0.5) is 0 Å². The number of rotatable bonds is 0. The van der Waals surface area contributed by atoms with Gasteiger partial charge in [-0.25, -0.2) is 0 Å². The third-order valence-electron chi connectivity index (χ3n) is 2.58. The molecule has 0 aromatic heterocycles. The first kappa shape index (κ1) is 8.38. The minimum atomic E-state index is 0.682. The van der Waals surface area contributed by atoms with Gasteiger partial charge >= 0.3 is 0 Å². The van der Waals surface area contributed by atoms with E-state index in [0.29, 0.717) is 5.92 Å². The third kappa shape index (κ3) is 2.12. The molecule has 0 bridgehead atoms. The van der Waals surface area contributed by atoms with Crippen LogP contribution in [0.2, 0.25) is 0 Å². The van der Waals surface area contributed by atoms with E-state index in [1.807, 2.05) is 0 Å². The van der Waals surface area contributed by atoms with E-state index in [1.54, 1.807) is 0 Å². The normalized spacial score (nSPS) is 15.8. The summed E-state index contributed by atoms with van der Waals surface area (Å²) in [5, 5.41) is 0. The van der Waals surface area contributed by atoms with E-state index in [9.17, 15) is 0 Å². The predicted octanol–water partition coefficient (Wildman–Crippen LogP) is 3.15. The highest BCUT2D eigenvalue weighted by Gasteiger charge is 2.13. The molecule has 1 aromatic rings. The monoisotopic (exact) mass is 170 g/mol. The van der Waals surface area contributed by atoms with Crippen molar-refractivity contribution >= 4 is 0 Å². The third-order valence-corrected chi connectivity index (χ3v) is 2.58. The highest BCUT2D eigenvalue weighted by molar-refractivity contribution is 5.36. The van der Waals surface area contributed by atoms with Crippen molar-refractivity contribution in [1.82, 2.24) is 0 Å². The first-order valence-corrected chi connectivity index (χ1v) is 4.93. The van der Waals surface area contributed by atoms with Gasteiger partial charge in [0.05, 0.1) is 0 Å². The zero-order valence-corrected chi connectivity index (χ0v) is 8.01. The Morgan fingerprint density at radius 3 is 2.38 bits per heavy atom.